The van der Waals surface area contributed by atoms with Gasteiger partial charge < -0.3 is 19.1 Å². The summed E-state index contributed by atoms with van der Waals surface area (Å²) in [5, 5.41) is 0. The SMILES string of the molecule is COc1ccc(S(=O)(=O)N(CC(=O)OC(C)(C)C)c2cc(N(C)C)ccc2F)cc1OC. The largest absolute Gasteiger partial charge is 0.493 e. The molecule has 0 aromatic heterocycles. The Bertz CT molecular complexity index is 1080. The van der Waals surface area contributed by atoms with Gasteiger partial charge in [0, 0.05) is 25.8 Å². The van der Waals surface area contributed by atoms with E-state index < -0.39 is 34.0 Å². The van der Waals surface area contributed by atoms with Crippen molar-refractivity contribution in [2.24, 2.45) is 0 Å². The van der Waals surface area contributed by atoms with Crippen molar-refractivity contribution in [3.63, 3.8) is 0 Å². The van der Waals surface area contributed by atoms with E-state index in [1.807, 2.05) is 0 Å². The molecule has 0 saturated carbocycles. The summed E-state index contributed by atoms with van der Waals surface area (Å²) in [5.74, 6) is -1.13. The van der Waals surface area contributed by atoms with Gasteiger partial charge in [-0.15, -0.1) is 0 Å². The van der Waals surface area contributed by atoms with E-state index in [1.54, 1.807) is 39.8 Å². The number of hydrogen-bond donors (Lipinski definition) is 0. The molecule has 0 aliphatic heterocycles. The molecule has 0 aliphatic carbocycles. The van der Waals surface area contributed by atoms with Gasteiger partial charge in [-0.05, 0) is 51.1 Å². The summed E-state index contributed by atoms with van der Waals surface area (Å²) in [6, 6.07) is 7.99. The molecule has 0 spiro atoms. The molecule has 10 heteroatoms. The number of esters is 1. The molecular weight excluding hydrogens is 439 g/mol. The third-order valence-electron chi connectivity index (χ3n) is 4.35. The zero-order valence-electron chi connectivity index (χ0n) is 19.3. The minimum atomic E-state index is -4.39. The first-order chi connectivity index (χ1) is 14.8. The number of benzene rings is 2. The lowest BCUT2D eigenvalue weighted by Gasteiger charge is -2.27. The summed E-state index contributed by atoms with van der Waals surface area (Å²) in [6.07, 6.45) is 0. The second-order valence-corrected chi connectivity index (χ2v) is 10.0. The fourth-order valence-electron chi connectivity index (χ4n) is 2.87. The maximum absolute atomic E-state index is 14.9. The Kier molecular flexibility index (Phi) is 7.61. The Hall–Kier alpha value is -3.01. The van der Waals surface area contributed by atoms with Gasteiger partial charge in [0.25, 0.3) is 10.0 Å². The second-order valence-electron chi connectivity index (χ2n) is 8.15. The highest BCUT2D eigenvalue weighted by atomic mass is 32.2. The monoisotopic (exact) mass is 468 g/mol. The van der Waals surface area contributed by atoms with Crippen LogP contribution in [0.15, 0.2) is 41.3 Å². The molecule has 0 heterocycles. The minimum absolute atomic E-state index is 0.174. The summed E-state index contributed by atoms with van der Waals surface area (Å²) in [6.45, 7) is 4.25. The van der Waals surface area contributed by atoms with E-state index in [4.69, 9.17) is 14.2 Å². The molecule has 176 valence electrons. The fourth-order valence-corrected chi connectivity index (χ4v) is 4.29. The predicted octanol–water partition coefficient (Wildman–Crippen LogP) is 3.45. The third kappa shape index (κ3) is 5.82. The summed E-state index contributed by atoms with van der Waals surface area (Å²) >= 11 is 0. The van der Waals surface area contributed by atoms with Crippen LogP contribution in [0, 0.1) is 5.82 Å². The van der Waals surface area contributed by atoms with Crippen molar-refractivity contribution >= 4 is 27.4 Å². The van der Waals surface area contributed by atoms with Crippen LogP contribution in [0.25, 0.3) is 0 Å². The molecule has 32 heavy (non-hydrogen) atoms. The highest BCUT2D eigenvalue weighted by Crippen LogP contribution is 2.34. The van der Waals surface area contributed by atoms with Gasteiger partial charge in [-0.2, -0.15) is 0 Å². The lowest BCUT2D eigenvalue weighted by Crippen LogP contribution is -2.39. The average Bonchev–Trinajstić information content (AvgIpc) is 2.70. The van der Waals surface area contributed by atoms with Crippen molar-refractivity contribution < 1.29 is 31.8 Å². The quantitative estimate of drug-likeness (QED) is 0.549. The van der Waals surface area contributed by atoms with Crippen molar-refractivity contribution in [1.82, 2.24) is 0 Å². The third-order valence-corrected chi connectivity index (χ3v) is 6.11. The number of carbonyl (C=O) groups excluding carboxylic acids is 1. The molecule has 0 amide bonds. The lowest BCUT2D eigenvalue weighted by atomic mass is 10.2. The fraction of sp³-hybridized carbons (Fsp3) is 0.409. The molecule has 8 nitrogen and oxygen atoms in total. The van der Waals surface area contributed by atoms with Crippen molar-refractivity contribution in [3.8, 4) is 11.5 Å². The molecule has 0 unspecified atom stereocenters. The van der Waals surface area contributed by atoms with Gasteiger partial charge in [0.2, 0.25) is 0 Å². The van der Waals surface area contributed by atoms with Crippen LogP contribution in [-0.4, -0.2) is 54.8 Å². The Labute approximate surface area is 188 Å². The van der Waals surface area contributed by atoms with Crippen molar-refractivity contribution in [2.45, 2.75) is 31.3 Å². The van der Waals surface area contributed by atoms with Crippen LogP contribution in [0.1, 0.15) is 20.8 Å². The number of nitrogens with zero attached hydrogens (tertiary/aromatic N) is 2. The molecule has 0 aliphatic rings. The van der Waals surface area contributed by atoms with E-state index in [9.17, 15) is 17.6 Å². The van der Waals surface area contributed by atoms with Gasteiger partial charge in [-0.25, -0.2) is 12.8 Å². The molecular formula is C22H29FN2O6S. The molecule has 0 fully saturated rings. The predicted molar refractivity (Wildman–Crippen MR) is 121 cm³/mol. The molecule has 2 aromatic rings. The first kappa shape index (κ1) is 25.3. The summed E-state index contributed by atoms with van der Waals surface area (Å²) in [7, 11) is 1.87. The van der Waals surface area contributed by atoms with Crippen LogP contribution in [0.4, 0.5) is 15.8 Å². The number of rotatable bonds is 8. The van der Waals surface area contributed by atoms with Crippen molar-refractivity contribution in [1.29, 1.82) is 0 Å². The van der Waals surface area contributed by atoms with Gasteiger partial charge in [0.15, 0.2) is 11.5 Å². The van der Waals surface area contributed by atoms with Crippen LogP contribution in [0.3, 0.4) is 0 Å². The Balaban J connectivity index is 2.65. The van der Waals surface area contributed by atoms with Crippen LogP contribution in [0.5, 0.6) is 11.5 Å². The minimum Gasteiger partial charge on any atom is -0.493 e. The molecule has 2 rings (SSSR count). The average molecular weight is 469 g/mol. The second kappa shape index (κ2) is 9.64. The Morgan fingerprint density at radius 2 is 1.62 bits per heavy atom. The number of ether oxygens (including phenoxy) is 3. The summed E-state index contributed by atoms with van der Waals surface area (Å²) < 4.78 is 58.4. The molecule has 0 radical (unpaired) electrons. The van der Waals surface area contributed by atoms with Gasteiger partial charge in [0.1, 0.15) is 18.0 Å². The highest BCUT2D eigenvalue weighted by Gasteiger charge is 2.32. The van der Waals surface area contributed by atoms with E-state index in [1.165, 1.54) is 44.6 Å². The topological polar surface area (TPSA) is 85.4 Å². The van der Waals surface area contributed by atoms with E-state index in [0.717, 1.165) is 6.07 Å². The normalized spacial score (nSPS) is 11.6. The molecule has 0 N–H and O–H groups in total. The van der Waals surface area contributed by atoms with Gasteiger partial charge >= 0.3 is 5.97 Å². The number of carbonyl (C=O) groups is 1. The number of anilines is 2. The Morgan fingerprint density at radius 1 is 1.00 bits per heavy atom. The molecule has 2 aromatic carbocycles. The highest BCUT2D eigenvalue weighted by molar-refractivity contribution is 7.92. The Morgan fingerprint density at radius 3 is 2.16 bits per heavy atom. The number of hydrogen-bond acceptors (Lipinski definition) is 7. The zero-order valence-corrected chi connectivity index (χ0v) is 20.1. The van der Waals surface area contributed by atoms with Gasteiger partial charge in [0.05, 0.1) is 24.8 Å². The number of sulfonamides is 1. The maximum atomic E-state index is 14.9. The summed E-state index contributed by atoms with van der Waals surface area (Å²) in [4.78, 5) is 14.1. The van der Waals surface area contributed by atoms with E-state index >= 15 is 0 Å². The maximum Gasteiger partial charge on any atom is 0.327 e. The molecule has 0 bridgehead atoms. The van der Waals surface area contributed by atoms with E-state index in [2.05, 4.69) is 0 Å². The van der Waals surface area contributed by atoms with Gasteiger partial charge in [-0.3, -0.25) is 9.10 Å². The molecule has 0 saturated heterocycles. The van der Waals surface area contributed by atoms with Crippen LogP contribution in [-0.2, 0) is 19.6 Å². The van der Waals surface area contributed by atoms with Crippen LogP contribution in [0.2, 0.25) is 0 Å². The van der Waals surface area contributed by atoms with Crippen molar-refractivity contribution in [2.75, 3.05) is 44.1 Å². The van der Waals surface area contributed by atoms with Crippen molar-refractivity contribution in [3.05, 3.63) is 42.2 Å². The number of methoxy groups -OCH3 is 2. The first-order valence-electron chi connectivity index (χ1n) is 9.73. The molecule has 0 atom stereocenters. The smallest absolute Gasteiger partial charge is 0.327 e. The lowest BCUT2D eigenvalue weighted by molar-refractivity contribution is -0.152. The number of halogens is 1. The van der Waals surface area contributed by atoms with E-state index in [0.29, 0.717) is 15.7 Å². The summed E-state index contributed by atoms with van der Waals surface area (Å²) in [5.41, 5.74) is -0.574. The zero-order chi connectivity index (χ0) is 24.3. The van der Waals surface area contributed by atoms with E-state index in [-0.39, 0.29) is 16.3 Å². The van der Waals surface area contributed by atoms with Crippen LogP contribution >= 0.6 is 0 Å². The van der Waals surface area contributed by atoms with Crippen LogP contribution < -0.4 is 18.7 Å². The standard InChI is InChI=1S/C22H29FN2O6S/c1-22(2,3)31-21(26)14-25(18-12-15(24(4)5)8-10-17(18)23)32(27,28)16-9-11-19(29-6)20(13-16)30-7/h8-13H,14H2,1-7H3. The van der Waals surface area contributed by atoms with Gasteiger partial charge in [-0.1, -0.05) is 0 Å². The first-order valence-corrected chi connectivity index (χ1v) is 11.2.